The van der Waals surface area contributed by atoms with E-state index in [1.165, 1.54) is 11.7 Å². The first-order valence-corrected chi connectivity index (χ1v) is 6.36. The molecule has 1 aromatic rings. The van der Waals surface area contributed by atoms with Gasteiger partial charge in [-0.2, -0.15) is 0 Å². The van der Waals surface area contributed by atoms with Crippen molar-refractivity contribution in [1.29, 1.82) is 0 Å². The Morgan fingerprint density at radius 2 is 1.77 bits per heavy atom. The lowest BCUT2D eigenvalue weighted by molar-refractivity contribution is 0.610. The van der Waals surface area contributed by atoms with Gasteiger partial charge in [-0.05, 0) is 23.8 Å². The van der Waals surface area contributed by atoms with Gasteiger partial charge in [-0.15, -0.1) is 0 Å². The molecule has 0 saturated heterocycles. The van der Waals surface area contributed by atoms with Crippen LogP contribution in [0.5, 0.6) is 0 Å². The van der Waals surface area contributed by atoms with Crippen LogP contribution in [0.1, 0.15) is 5.56 Å². The Labute approximate surface area is 86.3 Å². The van der Waals surface area contributed by atoms with Crippen LogP contribution in [0.4, 0.5) is 0 Å². The quantitative estimate of drug-likeness (QED) is 0.819. The molecule has 0 heterocycles. The van der Waals surface area contributed by atoms with Gasteiger partial charge >= 0.3 is 0 Å². The molecule has 0 spiro atoms. The summed E-state index contributed by atoms with van der Waals surface area (Å²) in [6, 6.07) is 7.40. The second-order valence-corrected chi connectivity index (χ2v) is 5.53. The maximum Gasteiger partial charge on any atom is 0.168 e. The molecule has 0 N–H and O–H groups in total. The van der Waals surface area contributed by atoms with E-state index in [9.17, 15) is 8.42 Å². The number of hydrogen-bond acceptors (Lipinski definition) is 2. The van der Waals surface area contributed by atoms with Gasteiger partial charge in [0, 0.05) is 16.1 Å². The molecule has 0 fully saturated rings. The summed E-state index contributed by atoms with van der Waals surface area (Å²) in [6.07, 6.45) is 2.74. The second-order valence-electron chi connectivity index (χ2n) is 2.68. The molecule has 0 aromatic heterocycles. The van der Waals surface area contributed by atoms with Crippen molar-refractivity contribution in [2.45, 2.75) is 0 Å². The minimum Gasteiger partial charge on any atom is -0.225 e. The molecule has 70 valence electrons. The van der Waals surface area contributed by atoms with Crippen LogP contribution in [0.25, 0.3) is 6.08 Å². The highest BCUT2D eigenvalue weighted by atomic mass is 79.9. The first-order chi connectivity index (χ1) is 5.97. The fraction of sp³-hybridized carbons (Fsp3) is 0.111. The van der Waals surface area contributed by atoms with E-state index in [0.29, 0.717) is 0 Å². The fourth-order valence-corrected chi connectivity index (χ4v) is 1.44. The molecule has 13 heavy (non-hydrogen) atoms. The third kappa shape index (κ3) is 4.24. The normalized spacial score (nSPS) is 12.2. The molecule has 0 unspecified atom stereocenters. The summed E-state index contributed by atoms with van der Waals surface area (Å²) in [6.45, 7) is 0. The van der Waals surface area contributed by atoms with Crippen LogP contribution >= 0.6 is 15.9 Å². The Morgan fingerprint density at radius 3 is 2.23 bits per heavy atom. The van der Waals surface area contributed by atoms with Crippen molar-refractivity contribution in [1.82, 2.24) is 0 Å². The maximum atomic E-state index is 10.8. The van der Waals surface area contributed by atoms with Gasteiger partial charge in [0.15, 0.2) is 9.84 Å². The van der Waals surface area contributed by atoms with E-state index < -0.39 is 9.84 Å². The molecular weight excluding hydrogens is 252 g/mol. The third-order valence-corrected chi connectivity index (χ3v) is 2.54. The van der Waals surface area contributed by atoms with Crippen LogP contribution < -0.4 is 0 Å². The first kappa shape index (κ1) is 10.5. The van der Waals surface area contributed by atoms with Crippen LogP contribution in [-0.4, -0.2) is 14.7 Å². The van der Waals surface area contributed by atoms with Crippen molar-refractivity contribution >= 4 is 31.8 Å². The molecule has 2 nitrogen and oxygen atoms in total. The number of rotatable bonds is 2. The largest absolute Gasteiger partial charge is 0.225 e. The summed E-state index contributed by atoms with van der Waals surface area (Å²) >= 11 is 3.29. The Balaban J connectivity index is 2.88. The average Bonchev–Trinajstić information content (AvgIpc) is 2.02. The summed E-state index contributed by atoms with van der Waals surface area (Å²) in [5, 5.41) is 1.19. The van der Waals surface area contributed by atoms with Gasteiger partial charge in [0.1, 0.15) is 0 Å². The number of hydrogen-bond donors (Lipinski definition) is 0. The highest BCUT2D eigenvalue weighted by Crippen LogP contribution is 2.11. The second kappa shape index (κ2) is 4.07. The van der Waals surface area contributed by atoms with E-state index in [-0.39, 0.29) is 0 Å². The van der Waals surface area contributed by atoms with Gasteiger partial charge in [0.05, 0.1) is 0 Å². The predicted octanol–water partition coefficient (Wildman–Crippen LogP) is 2.46. The van der Waals surface area contributed by atoms with E-state index in [2.05, 4.69) is 15.9 Å². The molecule has 0 aliphatic rings. The molecule has 1 aromatic carbocycles. The number of sulfone groups is 1. The molecule has 0 bridgehead atoms. The van der Waals surface area contributed by atoms with Gasteiger partial charge in [0.25, 0.3) is 0 Å². The fourth-order valence-electron chi connectivity index (χ4n) is 0.776. The number of benzene rings is 1. The zero-order chi connectivity index (χ0) is 9.90. The molecule has 0 saturated carbocycles. The van der Waals surface area contributed by atoms with Gasteiger partial charge in [0.2, 0.25) is 0 Å². The third-order valence-electron chi connectivity index (χ3n) is 1.38. The highest BCUT2D eigenvalue weighted by Gasteiger charge is 1.93. The van der Waals surface area contributed by atoms with E-state index >= 15 is 0 Å². The van der Waals surface area contributed by atoms with E-state index in [1.807, 2.05) is 24.3 Å². The van der Waals surface area contributed by atoms with Crippen LogP contribution in [0, 0.1) is 0 Å². The van der Waals surface area contributed by atoms with Gasteiger partial charge in [-0.1, -0.05) is 28.1 Å². The summed E-state index contributed by atoms with van der Waals surface area (Å²) < 4.78 is 22.5. The highest BCUT2D eigenvalue weighted by molar-refractivity contribution is 9.10. The van der Waals surface area contributed by atoms with E-state index in [1.54, 1.807) is 6.08 Å². The monoisotopic (exact) mass is 260 g/mol. The molecule has 0 amide bonds. The van der Waals surface area contributed by atoms with Crippen LogP contribution in [0.15, 0.2) is 34.1 Å². The predicted molar refractivity (Wildman–Crippen MR) is 58.0 cm³/mol. The van der Waals surface area contributed by atoms with Crippen LogP contribution in [0.3, 0.4) is 0 Å². The lowest BCUT2D eigenvalue weighted by Gasteiger charge is -1.92. The van der Waals surface area contributed by atoms with Crippen LogP contribution in [-0.2, 0) is 9.84 Å². The van der Waals surface area contributed by atoms with Gasteiger partial charge in [-0.25, -0.2) is 8.42 Å². The molecule has 0 aliphatic carbocycles. The topological polar surface area (TPSA) is 34.1 Å². The van der Waals surface area contributed by atoms with Crippen molar-refractivity contribution in [3.05, 3.63) is 39.7 Å². The SMILES string of the molecule is CS(=O)(=O)/C=C/c1ccc(Br)cc1. The summed E-state index contributed by atoms with van der Waals surface area (Å²) in [7, 11) is -3.02. The lowest BCUT2D eigenvalue weighted by atomic mass is 10.2. The molecule has 0 aliphatic heterocycles. The van der Waals surface area contributed by atoms with Crippen molar-refractivity contribution in [3.63, 3.8) is 0 Å². The van der Waals surface area contributed by atoms with Crippen LogP contribution in [0.2, 0.25) is 0 Å². The molecule has 4 heteroatoms. The zero-order valence-corrected chi connectivity index (χ0v) is 9.47. The standard InChI is InChI=1S/C9H9BrO2S/c1-13(11,12)7-6-8-2-4-9(10)5-3-8/h2-7H,1H3/b7-6+. The van der Waals surface area contributed by atoms with E-state index in [4.69, 9.17) is 0 Å². The maximum absolute atomic E-state index is 10.8. The molecular formula is C9H9BrO2S. The minimum atomic E-state index is -3.02. The molecule has 1 rings (SSSR count). The Morgan fingerprint density at radius 1 is 1.23 bits per heavy atom. The van der Waals surface area contributed by atoms with Crippen molar-refractivity contribution in [2.24, 2.45) is 0 Å². The summed E-state index contributed by atoms with van der Waals surface area (Å²) in [5.74, 6) is 0. The van der Waals surface area contributed by atoms with Gasteiger partial charge in [-0.3, -0.25) is 0 Å². The number of halogens is 1. The van der Waals surface area contributed by atoms with Crippen molar-refractivity contribution < 1.29 is 8.42 Å². The van der Waals surface area contributed by atoms with Crippen molar-refractivity contribution in [2.75, 3.05) is 6.26 Å². The zero-order valence-electron chi connectivity index (χ0n) is 7.07. The van der Waals surface area contributed by atoms with Gasteiger partial charge < -0.3 is 0 Å². The lowest BCUT2D eigenvalue weighted by Crippen LogP contribution is -1.87. The summed E-state index contributed by atoms with van der Waals surface area (Å²) in [5.41, 5.74) is 0.869. The van der Waals surface area contributed by atoms with Crippen molar-refractivity contribution in [3.8, 4) is 0 Å². The summed E-state index contributed by atoms with van der Waals surface area (Å²) in [4.78, 5) is 0. The first-order valence-electron chi connectivity index (χ1n) is 3.61. The Hall–Kier alpha value is -0.610. The smallest absolute Gasteiger partial charge is 0.168 e. The molecule has 0 atom stereocenters. The average molecular weight is 261 g/mol. The molecule has 0 radical (unpaired) electrons. The Bertz CT molecular complexity index is 404. The minimum absolute atomic E-state index is 0.869. The Kier molecular flexibility index (Phi) is 3.27. The van der Waals surface area contributed by atoms with E-state index in [0.717, 1.165) is 10.0 Å².